The summed E-state index contributed by atoms with van der Waals surface area (Å²) in [6, 6.07) is 11.3. The van der Waals surface area contributed by atoms with Gasteiger partial charge in [0.05, 0.1) is 18.1 Å². The van der Waals surface area contributed by atoms with Crippen LogP contribution in [-0.2, 0) is 11.3 Å². The number of para-hydroxylation sites is 1. The van der Waals surface area contributed by atoms with Crippen molar-refractivity contribution in [3.05, 3.63) is 64.0 Å². The molecule has 126 valence electrons. The Morgan fingerprint density at radius 2 is 1.96 bits per heavy atom. The van der Waals surface area contributed by atoms with Crippen LogP contribution in [0.1, 0.15) is 5.56 Å². The molecule has 0 amide bonds. The molecule has 0 aliphatic carbocycles. The minimum absolute atomic E-state index is 0.139. The van der Waals surface area contributed by atoms with E-state index in [1.807, 2.05) is 24.3 Å². The van der Waals surface area contributed by atoms with E-state index in [0.717, 1.165) is 36.5 Å². The number of halogens is 1. The predicted octanol–water partition coefficient (Wildman–Crippen LogP) is 3.18. The maximum absolute atomic E-state index is 13.4. The van der Waals surface area contributed by atoms with Crippen molar-refractivity contribution >= 4 is 17.1 Å². The number of anilines is 2. The highest BCUT2D eigenvalue weighted by molar-refractivity contribution is 5.63. The predicted molar refractivity (Wildman–Crippen MR) is 89.9 cm³/mol. The molecular weight excluding hydrogens is 313 g/mol. The van der Waals surface area contributed by atoms with Gasteiger partial charge in [0.1, 0.15) is 11.5 Å². The Morgan fingerprint density at radius 3 is 2.71 bits per heavy atom. The summed E-state index contributed by atoms with van der Waals surface area (Å²) in [5.41, 5.74) is 2.10. The van der Waals surface area contributed by atoms with E-state index in [4.69, 9.17) is 4.74 Å². The fourth-order valence-electron chi connectivity index (χ4n) is 2.77. The molecule has 1 aliphatic heterocycles. The van der Waals surface area contributed by atoms with Gasteiger partial charge in [-0.3, -0.25) is 10.1 Å². The molecule has 1 aliphatic rings. The van der Waals surface area contributed by atoms with Crippen molar-refractivity contribution in [1.29, 1.82) is 0 Å². The number of morpholine rings is 1. The van der Waals surface area contributed by atoms with Gasteiger partial charge in [-0.2, -0.15) is 0 Å². The smallest absolute Gasteiger partial charge is 0.292 e. The van der Waals surface area contributed by atoms with Crippen molar-refractivity contribution in [1.82, 2.24) is 0 Å². The van der Waals surface area contributed by atoms with Crippen LogP contribution in [0, 0.1) is 15.9 Å². The first-order valence-corrected chi connectivity index (χ1v) is 7.73. The zero-order valence-electron chi connectivity index (χ0n) is 13.1. The Hall–Kier alpha value is -2.67. The lowest BCUT2D eigenvalue weighted by atomic mass is 10.1. The van der Waals surface area contributed by atoms with Crippen molar-refractivity contribution in [2.24, 2.45) is 0 Å². The van der Waals surface area contributed by atoms with Crippen LogP contribution in [-0.4, -0.2) is 31.2 Å². The lowest BCUT2D eigenvalue weighted by molar-refractivity contribution is -0.384. The second kappa shape index (κ2) is 7.27. The Morgan fingerprint density at radius 1 is 1.21 bits per heavy atom. The van der Waals surface area contributed by atoms with E-state index in [9.17, 15) is 14.5 Å². The number of rotatable bonds is 5. The number of nitro benzene ring substituents is 1. The molecule has 1 saturated heterocycles. The van der Waals surface area contributed by atoms with Gasteiger partial charge in [0.25, 0.3) is 5.69 Å². The number of benzene rings is 2. The highest BCUT2D eigenvalue weighted by Crippen LogP contribution is 2.27. The van der Waals surface area contributed by atoms with Gasteiger partial charge in [0.15, 0.2) is 0 Å². The quantitative estimate of drug-likeness (QED) is 0.673. The SMILES string of the molecule is O=[N+]([O-])c1ccc(F)cc1NCc1ccccc1N1CCOCC1. The molecular formula is C17H18FN3O3. The van der Waals surface area contributed by atoms with Crippen LogP contribution in [0.3, 0.4) is 0 Å². The van der Waals surface area contributed by atoms with E-state index in [1.165, 1.54) is 6.07 Å². The summed E-state index contributed by atoms with van der Waals surface area (Å²) < 4.78 is 18.8. The normalized spacial score (nSPS) is 14.5. The maximum atomic E-state index is 13.4. The van der Waals surface area contributed by atoms with E-state index in [-0.39, 0.29) is 11.4 Å². The molecule has 2 aromatic carbocycles. The molecule has 0 radical (unpaired) electrons. The van der Waals surface area contributed by atoms with Crippen molar-refractivity contribution < 1.29 is 14.1 Å². The van der Waals surface area contributed by atoms with Crippen LogP contribution in [0.25, 0.3) is 0 Å². The molecule has 7 heteroatoms. The number of hydrogen-bond acceptors (Lipinski definition) is 5. The molecule has 6 nitrogen and oxygen atoms in total. The van der Waals surface area contributed by atoms with Crippen LogP contribution in [0.4, 0.5) is 21.5 Å². The van der Waals surface area contributed by atoms with Crippen LogP contribution >= 0.6 is 0 Å². The summed E-state index contributed by atoms with van der Waals surface area (Å²) in [5, 5.41) is 14.1. The van der Waals surface area contributed by atoms with Crippen LogP contribution in [0.2, 0.25) is 0 Å². The molecule has 0 saturated carbocycles. The van der Waals surface area contributed by atoms with Crippen molar-refractivity contribution in [3.8, 4) is 0 Å². The first-order valence-electron chi connectivity index (χ1n) is 7.73. The molecule has 0 bridgehead atoms. The summed E-state index contributed by atoms with van der Waals surface area (Å²) >= 11 is 0. The van der Waals surface area contributed by atoms with E-state index in [2.05, 4.69) is 10.2 Å². The van der Waals surface area contributed by atoms with Crippen molar-refractivity contribution in [2.45, 2.75) is 6.54 Å². The third-order valence-electron chi connectivity index (χ3n) is 3.97. The van der Waals surface area contributed by atoms with E-state index >= 15 is 0 Å². The average Bonchev–Trinajstić information content (AvgIpc) is 2.61. The second-order valence-corrected chi connectivity index (χ2v) is 5.50. The maximum Gasteiger partial charge on any atom is 0.292 e. The molecule has 3 rings (SSSR count). The molecule has 0 spiro atoms. The van der Waals surface area contributed by atoms with Gasteiger partial charge in [0, 0.05) is 37.5 Å². The van der Waals surface area contributed by atoms with Gasteiger partial charge in [-0.15, -0.1) is 0 Å². The van der Waals surface area contributed by atoms with Crippen molar-refractivity contribution in [2.75, 3.05) is 36.5 Å². The Kier molecular flexibility index (Phi) is 4.90. The largest absolute Gasteiger partial charge is 0.378 e. The molecule has 24 heavy (non-hydrogen) atoms. The van der Waals surface area contributed by atoms with E-state index < -0.39 is 10.7 Å². The molecule has 0 aromatic heterocycles. The van der Waals surface area contributed by atoms with E-state index in [0.29, 0.717) is 19.8 Å². The molecule has 0 unspecified atom stereocenters. The standard InChI is InChI=1S/C17H18FN3O3/c18-14-5-6-17(21(22)23)15(11-14)19-12-13-3-1-2-4-16(13)20-7-9-24-10-8-20/h1-6,11,19H,7-10,12H2. The third kappa shape index (κ3) is 3.62. The summed E-state index contributed by atoms with van der Waals surface area (Å²) in [6.45, 7) is 3.33. The second-order valence-electron chi connectivity index (χ2n) is 5.50. The fraction of sp³-hybridized carbons (Fsp3) is 0.294. The molecule has 1 heterocycles. The average molecular weight is 331 g/mol. The third-order valence-corrected chi connectivity index (χ3v) is 3.97. The highest BCUT2D eigenvalue weighted by Gasteiger charge is 2.17. The number of hydrogen-bond donors (Lipinski definition) is 1. The summed E-state index contributed by atoms with van der Waals surface area (Å²) in [6.07, 6.45) is 0. The number of nitrogens with one attached hydrogen (secondary N) is 1. The first-order chi connectivity index (χ1) is 11.6. The van der Waals surface area contributed by atoms with Crippen LogP contribution < -0.4 is 10.2 Å². The van der Waals surface area contributed by atoms with Gasteiger partial charge in [-0.05, 0) is 17.7 Å². The molecule has 2 aromatic rings. The van der Waals surface area contributed by atoms with Crippen LogP contribution in [0.15, 0.2) is 42.5 Å². The summed E-state index contributed by atoms with van der Waals surface area (Å²) in [5.74, 6) is -0.510. The zero-order valence-corrected chi connectivity index (χ0v) is 13.1. The Balaban J connectivity index is 1.80. The lowest BCUT2D eigenvalue weighted by Gasteiger charge is -2.30. The highest BCUT2D eigenvalue weighted by atomic mass is 19.1. The van der Waals surface area contributed by atoms with Gasteiger partial charge in [-0.25, -0.2) is 4.39 Å². The Bertz CT molecular complexity index is 733. The number of ether oxygens (including phenoxy) is 1. The molecule has 1 fully saturated rings. The van der Waals surface area contributed by atoms with E-state index in [1.54, 1.807) is 0 Å². The number of nitro groups is 1. The minimum atomic E-state index is -0.518. The lowest BCUT2D eigenvalue weighted by Crippen LogP contribution is -2.36. The van der Waals surface area contributed by atoms with Crippen LogP contribution in [0.5, 0.6) is 0 Å². The zero-order chi connectivity index (χ0) is 16.9. The molecule has 1 N–H and O–H groups in total. The monoisotopic (exact) mass is 331 g/mol. The summed E-state index contributed by atoms with van der Waals surface area (Å²) in [7, 11) is 0. The topological polar surface area (TPSA) is 67.6 Å². The van der Waals surface area contributed by atoms with Gasteiger partial charge in [0.2, 0.25) is 0 Å². The Labute approximate surface area is 139 Å². The van der Waals surface area contributed by atoms with Gasteiger partial charge in [-0.1, -0.05) is 18.2 Å². The van der Waals surface area contributed by atoms with Gasteiger partial charge < -0.3 is 15.0 Å². The van der Waals surface area contributed by atoms with Crippen molar-refractivity contribution in [3.63, 3.8) is 0 Å². The minimum Gasteiger partial charge on any atom is -0.378 e. The number of nitrogens with zero attached hydrogens (tertiary/aromatic N) is 2. The first kappa shape index (κ1) is 16.2. The fourth-order valence-corrected chi connectivity index (χ4v) is 2.77. The van der Waals surface area contributed by atoms with Gasteiger partial charge >= 0.3 is 0 Å². The molecule has 0 atom stereocenters. The summed E-state index contributed by atoms with van der Waals surface area (Å²) in [4.78, 5) is 12.8.